The van der Waals surface area contributed by atoms with Crippen molar-refractivity contribution in [3.63, 3.8) is 0 Å². The Bertz CT molecular complexity index is 294. The van der Waals surface area contributed by atoms with E-state index < -0.39 is 12.1 Å². The highest BCUT2D eigenvalue weighted by atomic mass is 16.5. The number of rotatable bonds is 2. The molecule has 84 valence electrons. The summed E-state index contributed by atoms with van der Waals surface area (Å²) in [5.41, 5.74) is 0. The van der Waals surface area contributed by atoms with Crippen molar-refractivity contribution in [1.29, 1.82) is 0 Å². The highest BCUT2D eigenvalue weighted by Gasteiger charge is 2.47. The van der Waals surface area contributed by atoms with Crippen LogP contribution in [0.4, 0.5) is 4.79 Å². The molecule has 2 rings (SSSR count). The number of carbonyl (C=O) groups is 2. The van der Waals surface area contributed by atoms with Gasteiger partial charge in [-0.25, -0.2) is 14.7 Å². The van der Waals surface area contributed by atoms with Crippen LogP contribution in [0.5, 0.6) is 0 Å². The number of urea groups is 1. The highest BCUT2D eigenvalue weighted by molar-refractivity contribution is 5.85. The fourth-order valence-electron chi connectivity index (χ4n) is 2.13. The van der Waals surface area contributed by atoms with Crippen molar-refractivity contribution in [3.05, 3.63) is 0 Å². The SMILES string of the molecule is CCOC(=O)[C@@H]1CC[C@@H]2CN1C(=O)N2O. The van der Waals surface area contributed by atoms with Crippen molar-refractivity contribution in [1.82, 2.24) is 9.96 Å². The smallest absolute Gasteiger partial charge is 0.344 e. The first-order valence-corrected chi connectivity index (χ1v) is 5.10. The van der Waals surface area contributed by atoms with Gasteiger partial charge in [0.1, 0.15) is 6.04 Å². The third-order valence-electron chi connectivity index (χ3n) is 2.90. The van der Waals surface area contributed by atoms with Crippen molar-refractivity contribution >= 4 is 12.0 Å². The van der Waals surface area contributed by atoms with E-state index >= 15 is 0 Å². The lowest BCUT2D eigenvalue weighted by Crippen LogP contribution is -2.45. The summed E-state index contributed by atoms with van der Waals surface area (Å²) in [6.07, 6.45) is 1.20. The van der Waals surface area contributed by atoms with Crippen LogP contribution in [0.1, 0.15) is 19.8 Å². The Morgan fingerprint density at radius 3 is 3.00 bits per heavy atom. The van der Waals surface area contributed by atoms with E-state index in [0.717, 1.165) is 5.06 Å². The van der Waals surface area contributed by atoms with Crippen LogP contribution in [0.25, 0.3) is 0 Å². The van der Waals surface area contributed by atoms with Gasteiger partial charge in [-0.1, -0.05) is 0 Å². The van der Waals surface area contributed by atoms with Gasteiger partial charge in [-0.2, -0.15) is 0 Å². The van der Waals surface area contributed by atoms with Gasteiger partial charge in [0.15, 0.2) is 0 Å². The van der Waals surface area contributed by atoms with Gasteiger partial charge in [0.25, 0.3) is 0 Å². The first-order chi connectivity index (χ1) is 7.15. The Morgan fingerprint density at radius 2 is 2.33 bits per heavy atom. The quantitative estimate of drug-likeness (QED) is 0.527. The molecule has 6 nitrogen and oxygen atoms in total. The maximum atomic E-state index is 11.5. The number of esters is 1. The van der Waals surface area contributed by atoms with E-state index in [1.165, 1.54) is 4.90 Å². The summed E-state index contributed by atoms with van der Waals surface area (Å²) in [6, 6.07) is -1.18. The summed E-state index contributed by atoms with van der Waals surface area (Å²) in [7, 11) is 0. The van der Waals surface area contributed by atoms with E-state index in [0.29, 0.717) is 26.0 Å². The van der Waals surface area contributed by atoms with E-state index in [1.807, 2.05) is 0 Å². The number of hydrogen-bond donors (Lipinski definition) is 1. The number of hydroxylamine groups is 2. The number of carbonyl (C=O) groups excluding carboxylic acids is 2. The second kappa shape index (κ2) is 3.69. The zero-order valence-electron chi connectivity index (χ0n) is 8.55. The molecule has 0 saturated carbocycles. The lowest BCUT2D eigenvalue weighted by molar-refractivity contribution is -0.149. The number of piperidine rings is 1. The predicted octanol–water partition coefficient (Wildman–Crippen LogP) is 0.207. The summed E-state index contributed by atoms with van der Waals surface area (Å²) in [6.45, 7) is 2.45. The molecule has 2 fully saturated rings. The first-order valence-electron chi connectivity index (χ1n) is 5.10. The minimum Gasteiger partial charge on any atom is -0.464 e. The topological polar surface area (TPSA) is 70.1 Å². The molecule has 1 N–H and O–H groups in total. The number of amides is 2. The van der Waals surface area contributed by atoms with Crippen LogP contribution in [0.15, 0.2) is 0 Å². The molecular weight excluding hydrogens is 200 g/mol. The van der Waals surface area contributed by atoms with Crippen LogP contribution >= 0.6 is 0 Å². The summed E-state index contributed by atoms with van der Waals surface area (Å²) < 4.78 is 4.88. The van der Waals surface area contributed by atoms with Crippen LogP contribution in [0.3, 0.4) is 0 Å². The van der Waals surface area contributed by atoms with E-state index in [1.54, 1.807) is 6.92 Å². The monoisotopic (exact) mass is 214 g/mol. The molecule has 0 aromatic carbocycles. The average Bonchev–Trinajstić information content (AvgIpc) is 2.45. The molecule has 15 heavy (non-hydrogen) atoms. The van der Waals surface area contributed by atoms with E-state index in [9.17, 15) is 14.8 Å². The summed E-state index contributed by atoms with van der Waals surface area (Å²) in [5.74, 6) is -0.375. The van der Waals surface area contributed by atoms with Crippen LogP contribution in [-0.4, -0.2) is 52.4 Å². The third-order valence-corrected chi connectivity index (χ3v) is 2.90. The van der Waals surface area contributed by atoms with Crippen LogP contribution in [-0.2, 0) is 9.53 Å². The second-order valence-corrected chi connectivity index (χ2v) is 3.78. The maximum absolute atomic E-state index is 11.5. The largest absolute Gasteiger partial charge is 0.464 e. The molecule has 2 aliphatic rings. The number of ether oxygens (including phenoxy) is 1. The van der Waals surface area contributed by atoms with Crippen LogP contribution in [0.2, 0.25) is 0 Å². The Morgan fingerprint density at radius 1 is 1.60 bits per heavy atom. The molecule has 2 heterocycles. The second-order valence-electron chi connectivity index (χ2n) is 3.78. The van der Waals surface area contributed by atoms with Gasteiger partial charge in [0.2, 0.25) is 0 Å². The molecule has 0 aliphatic carbocycles. The molecule has 0 aromatic heterocycles. The lowest BCUT2D eigenvalue weighted by atomic mass is 10.0. The first kappa shape index (κ1) is 10.2. The van der Waals surface area contributed by atoms with E-state index in [-0.39, 0.29) is 12.0 Å². The Hall–Kier alpha value is -1.30. The molecule has 2 atom stereocenters. The number of hydrogen-bond acceptors (Lipinski definition) is 4. The van der Waals surface area contributed by atoms with Gasteiger partial charge < -0.3 is 9.64 Å². The zero-order valence-corrected chi connectivity index (χ0v) is 8.55. The molecule has 0 radical (unpaired) electrons. The fourth-order valence-corrected chi connectivity index (χ4v) is 2.13. The van der Waals surface area contributed by atoms with Crippen molar-refractivity contribution in [3.8, 4) is 0 Å². The third kappa shape index (κ3) is 1.54. The minimum atomic E-state index is -0.522. The molecule has 2 bridgehead atoms. The summed E-state index contributed by atoms with van der Waals surface area (Å²) in [4.78, 5) is 24.4. The van der Waals surface area contributed by atoms with Gasteiger partial charge in [-0.15, -0.1) is 0 Å². The molecular formula is C9H14N2O4. The highest BCUT2D eigenvalue weighted by Crippen LogP contribution is 2.28. The van der Waals surface area contributed by atoms with Crippen molar-refractivity contribution < 1.29 is 19.5 Å². The average molecular weight is 214 g/mol. The van der Waals surface area contributed by atoms with E-state index in [2.05, 4.69) is 0 Å². The minimum absolute atomic E-state index is 0.164. The fraction of sp³-hybridized carbons (Fsp3) is 0.778. The van der Waals surface area contributed by atoms with E-state index in [4.69, 9.17) is 4.74 Å². The Kier molecular flexibility index (Phi) is 2.52. The maximum Gasteiger partial charge on any atom is 0.344 e. The molecule has 6 heteroatoms. The van der Waals surface area contributed by atoms with Crippen molar-refractivity contribution in [2.45, 2.75) is 31.8 Å². The molecule has 0 unspecified atom stereocenters. The number of nitrogens with zero attached hydrogens (tertiary/aromatic N) is 2. The lowest BCUT2D eigenvalue weighted by Gasteiger charge is -2.28. The molecule has 0 aromatic rings. The Balaban J connectivity index is 2.10. The van der Waals surface area contributed by atoms with Gasteiger partial charge >= 0.3 is 12.0 Å². The number of fused-ring (bicyclic) bond motifs is 2. The molecule has 0 spiro atoms. The zero-order chi connectivity index (χ0) is 11.0. The van der Waals surface area contributed by atoms with Gasteiger partial charge in [-0.3, -0.25) is 5.21 Å². The van der Waals surface area contributed by atoms with Crippen molar-refractivity contribution in [2.24, 2.45) is 0 Å². The predicted molar refractivity (Wildman–Crippen MR) is 49.2 cm³/mol. The van der Waals surface area contributed by atoms with Gasteiger partial charge in [-0.05, 0) is 19.8 Å². The Labute approximate surface area is 87.4 Å². The summed E-state index contributed by atoms with van der Waals surface area (Å²) >= 11 is 0. The normalized spacial score (nSPS) is 29.6. The molecule has 2 saturated heterocycles. The standard InChI is InChI=1S/C9H14N2O4/c1-2-15-8(12)7-4-3-6-5-10(7)9(13)11(6)14/h6-7,14H,2-5H2,1H3/t6-,7+/m1/s1. The van der Waals surface area contributed by atoms with Crippen LogP contribution in [0, 0.1) is 0 Å². The van der Waals surface area contributed by atoms with Gasteiger partial charge in [0, 0.05) is 6.54 Å². The van der Waals surface area contributed by atoms with Gasteiger partial charge in [0.05, 0.1) is 12.6 Å². The summed E-state index contributed by atoms with van der Waals surface area (Å²) in [5, 5.41) is 10.1. The molecule has 2 amide bonds. The molecule has 2 aliphatic heterocycles. The van der Waals surface area contributed by atoms with Crippen LogP contribution < -0.4 is 0 Å². The van der Waals surface area contributed by atoms with Crippen molar-refractivity contribution in [2.75, 3.05) is 13.2 Å².